The van der Waals surface area contributed by atoms with Gasteiger partial charge in [-0.05, 0) is 19.1 Å². The molecular weight excluding hydrogens is 326 g/mol. The van der Waals surface area contributed by atoms with Gasteiger partial charge in [0.1, 0.15) is 35.3 Å². The average Bonchev–Trinajstić information content (AvgIpc) is 3.15. The van der Waals surface area contributed by atoms with E-state index in [9.17, 15) is 15.3 Å². The fourth-order valence-electron chi connectivity index (χ4n) is 3.13. The number of rotatable bonds is 3. The Morgan fingerprint density at radius 2 is 2.16 bits per heavy atom. The van der Waals surface area contributed by atoms with E-state index >= 15 is 0 Å². The Kier molecular flexibility index (Phi) is 3.73. The fourth-order valence-corrected chi connectivity index (χ4v) is 3.13. The molecule has 1 fully saturated rings. The number of pyridine rings is 1. The van der Waals surface area contributed by atoms with Crippen LogP contribution in [0.25, 0.3) is 22.4 Å². The third-order valence-corrected chi connectivity index (χ3v) is 4.48. The maximum Gasteiger partial charge on any atom is 0.168 e. The maximum absolute atomic E-state index is 10.7. The SMILES string of the molecule is C[C@@]1(O)[C@H](O)[C@@H](CO)O[C@H]1n1cnc2c(-c3cccnc3)ncnc21. The largest absolute Gasteiger partial charge is 0.394 e. The Morgan fingerprint density at radius 3 is 2.84 bits per heavy atom. The van der Waals surface area contributed by atoms with Crippen LogP contribution in [-0.4, -0.2) is 64.2 Å². The van der Waals surface area contributed by atoms with Gasteiger partial charge in [-0.25, -0.2) is 15.0 Å². The minimum Gasteiger partial charge on any atom is -0.394 e. The molecule has 1 saturated heterocycles. The Balaban J connectivity index is 1.83. The van der Waals surface area contributed by atoms with E-state index in [1.54, 1.807) is 18.5 Å². The molecule has 4 heterocycles. The Morgan fingerprint density at radius 1 is 1.32 bits per heavy atom. The van der Waals surface area contributed by atoms with Crippen molar-refractivity contribution in [1.82, 2.24) is 24.5 Å². The van der Waals surface area contributed by atoms with E-state index in [0.29, 0.717) is 16.9 Å². The molecular formula is C16H17N5O4. The van der Waals surface area contributed by atoms with Crippen LogP contribution in [-0.2, 0) is 4.74 Å². The van der Waals surface area contributed by atoms with E-state index in [0.717, 1.165) is 5.56 Å². The van der Waals surface area contributed by atoms with Crippen molar-refractivity contribution in [1.29, 1.82) is 0 Å². The molecule has 0 spiro atoms. The number of nitrogens with zero attached hydrogens (tertiary/aromatic N) is 5. The van der Waals surface area contributed by atoms with Crippen LogP contribution in [0.1, 0.15) is 13.2 Å². The van der Waals surface area contributed by atoms with Crippen LogP contribution in [0.4, 0.5) is 0 Å². The summed E-state index contributed by atoms with van der Waals surface area (Å²) in [7, 11) is 0. The molecule has 0 radical (unpaired) electrons. The molecule has 9 nitrogen and oxygen atoms in total. The number of hydrogen-bond acceptors (Lipinski definition) is 8. The van der Waals surface area contributed by atoms with Gasteiger partial charge in [0, 0.05) is 18.0 Å². The second kappa shape index (κ2) is 5.81. The standard InChI is InChI=1S/C16H17N5O4/c1-16(24)13(23)10(6-22)25-15(16)21-8-20-12-11(18-7-19-14(12)21)9-3-2-4-17-5-9/h2-5,7-8,10,13,15,22-24H,6H2,1H3/t10-,13-,15-,16-/m1/s1. The summed E-state index contributed by atoms with van der Waals surface area (Å²) >= 11 is 0. The molecule has 0 bridgehead atoms. The fraction of sp³-hybridized carbons (Fsp3) is 0.375. The van der Waals surface area contributed by atoms with E-state index in [4.69, 9.17) is 4.74 Å². The van der Waals surface area contributed by atoms with Gasteiger partial charge in [0.15, 0.2) is 11.9 Å². The molecule has 25 heavy (non-hydrogen) atoms. The zero-order valence-corrected chi connectivity index (χ0v) is 13.4. The second-order valence-electron chi connectivity index (χ2n) is 6.17. The molecule has 0 aliphatic carbocycles. The minimum atomic E-state index is -1.61. The van der Waals surface area contributed by atoms with Gasteiger partial charge in [-0.15, -0.1) is 0 Å². The highest BCUT2D eigenvalue weighted by Gasteiger charge is 2.53. The van der Waals surface area contributed by atoms with Crippen LogP contribution in [0.2, 0.25) is 0 Å². The summed E-state index contributed by atoms with van der Waals surface area (Å²) in [5, 5.41) is 30.2. The van der Waals surface area contributed by atoms with Crippen LogP contribution in [0, 0.1) is 0 Å². The van der Waals surface area contributed by atoms with Crippen molar-refractivity contribution in [3.05, 3.63) is 37.2 Å². The number of aliphatic hydroxyl groups is 3. The summed E-state index contributed by atoms with van der Waals surface area (Å²) < 4.78 is 7.17. The third kappa shape index (κ3) is 2.40. The zero-order valence-electron chi connectivity index (χ0n) is 13.4. The number of imidazole rings is 1. The molecule has 3 aromatic rings. The zero-order chi connectivity index (χ0) is 17.6. The first-order chi connectivity index (χ1) is 12.0. The van der Waals surface area contributed by atoms with E-state index < -0.39 is 30.6 Å². The highest BCUT2D eigenvalue weighted by Crippen LogP contribution is 2.39. The first kappa shape index (κ1) is 16.0. The highest BCUT2D eigenvalue weighted by atomic mass is 16.6. The van der Waals surface area contributed by atoms with Crippen molar-refractivity contribution in [2.24, 2.45) is 0 Å². The number of hydrogen-bond donors (Lipinski definition) is 3. The Labute approximate surface area is 142 Å². The predicted molar refractivity (Wildman–Crippen MR) is 86.2 cm³/mol. The van der Waals surface area contributed by atoms with Gasteiger partial charge in [0.2, 0.25) is 0 Å². The van der Waals surface area contributed by atoms with E-state index in [1.807, 2.05) is 6.07 Å². The summed E-state index contributed by atoms with van der Waals surface area (Å²) in [5.41, 5.74) is 0.753. The summed E-state index contributed by atoms with van der Waals surface area (Å²) in [6, 6.07) is 3.66. The van der Waals surface area contributed by atoms with Crippen molar-refractivity contribution in [3.8, 4) is 11.3 Å². The maximum atomic E-state index is 10.7. The van der Waals surface area contributed by atoms with Gasteiger partial charge >= 0.3 is 0 Å². The smallest absolute Gasteiger partial charge is 0.168 e. The average molecular weight is 343 g/mol. The Hall–Kier alpha value is -2.46. The molecule has 1 aliphatic heterocycles. The van der Waals surface area contributed by atoms with Crippen molar-refractivity contribution in [3.63, 3.8) is 0 Å². The topological polar surface area (TPSA) is 126 Å². The summed E-state index contributed by atoms with van der Waals surface area (Å²) in [6.45, 7) is 1.05. The van der Waals surface area contributed by atoms with Gasteiger partial charge in [-0.3, -0.25) is 9.55 Å². The van der Waals surface area contributed by atoms with Crippen molar-refractivity contribution in [2.75, 3.05) is 6.61 Å². The van der Waals surface area contributed by atoms with Gasteiger partial charge in [-0.2, -0.15) is 0 Å². The molecule has 1 aliphatic rings. The van der Waals surface area contributed by atoms with Crippen LogP contribution in [0.5, 0.6) is 0 Å². The number of ether oxygens (including phenoxy) is 1. The van der Waals surface area contributed by atoms with Crippen molar-refractivity contribution in [2.45, 2.75) is 31.0 Å². The van der Waals surface area contributed by atoms with Gasteiger partial charge in [0.05, 0.1) is 12.9 Å². The lowest BCUT2D eigenvalue weighted by molar-refractivity contribution is -0.0950. The molecule has 4 rings (SSSR count). The lowest BCUT2D eigenvalue weighted by Gasteiger charge is -2.27. The predicted octanol–water partition coefficient (Wildman–Crippen LogP) is -0.110. The number of aliphatic hydroxyl groups excluding tert-OH is 2. The summed E-state index contributed by atoms with van der Waals surface area (Å²) in [4.78, 5) is 17.0. The Bertz CT molecular complexity index is 898. The third-order valence-electron chi connectivity index (χ3n) is 4.48. The second-order valence-corrected chi connectivity index (χ2v) is 6.17. The normalized spacial score (nSPS) is 29.4. The van der Waals surface area contributed by atoms with Crippen LogP contribution in [0.15, 0.2) is 37.2 Å². The van der Waals surface area contributed by atoms with Crippen molar-refractivity contribution < 1.29 is 20.1 Å². The molecule has 4 atom stereocenters. The van der Waals surface area contributed by atoms with Gasteiger partial charge < -0.3 is 20.1 Å². The van der Waals surface area contributed by atoms with Gasteiger partial charge in [0.25, 0.3) is 0 Å². The first-order valence-electron chi connectivity index (χ1n) is 7.78. The van der Waals surface area contributed by atoms with Crippen molar-refractivity contribution >= 4 is 11.2 Å². The molecule has 0 aromatic carbocycles. The monoisotopic (exact) mass is 343 g/mol. The molecule has 130 valence electrons. The lowest BCUT2D eigenvalue weighted by Crippen LogP contribution is -2.44. The molecule has 0 saturated carbocycles. The van der Waals surface area contributed by atoms with E-state index in [2.05, 4.69) is 19.9 Å². The quantitative estimate of drug-likeness (QED) is 0.601. The molecule has 0 amide bonds. The molecule has 0 unspecified atom stereocenters. The van der Waals surface area contributed by atoms with Crippen LogP contribution in [0.3, 0.4) is 0 Å². The summed E-state index contributed by atoms with van der Waals surface area (Å²) in [6.07, 6.45) is 3.14. The van der Waals surface area contributed by atoms with Crippen LogP contribution < -0.4 is 0 Å². The molecule has 3 aromatic heterocycles. The highest BCUT2D eigenvalue weighted by molar-refractivity contribution is 5.86. The van der Waals surface area contributed by atoms with E-state index in [-0.39, 0.29) is 0 Å². The molecule has 9 heteroatoms. The van der Waals surface area contributed by atoms with Crippen LogP contribution >= 0.6 is 0 Å². The number of fused-ring (bicyclic) bond motifs is 1. The first-order valence-corrected chi connectivity index (χ1v) is 7.78. The lowest BCUT2D eigenvalue weighted by atomic mass is 9.96. The molecule has 3 N–H and O–H groups in total. The number of aromatic nitrogens is 5. The van der Waals surface area contributed by atoms with E-state index in [1.165, 1.54) is 24.1 Å². The van der Waals surface area contributed by atoms with Gasteiger partial charge in [-0.1, -0.05) is 0 Å². The minimum absolute atomic E-state index is 0.406. The summed E-state index contributed by atoms with van der Waals surface area (Å²) in [5.74, 6) is 0.